The highest BCUT2D eigenvalue weighted by Gasteiger charge is 2.29. The van der Waals surface area contributed by atoms with Crippen molar-refractivity contribution in [3.05, 3.63) is 42.0 Å². The number of rotatable bonds is 6. The number of hydrogen-bond donors (Lipinski definition) is 2. The summed E-state index contributed by atoms with van der Waals surface area (Å²) >= 11 is 0. The Kier molecular flexibility index (Phi) is 6.89. The fourth-order valence-electron chi connectivity index (χ4n) is 2.83. The van der Waals surface area contributed by atoms with Gasteiger partial charge in [-0.1, -0.05) is 0 Å². The van der Waals surface area contributed by atoms with Gasteiger partial charge in [-0.3, -0.25) is 4.98 Å². The third kappa shape index (κ3) is 5.92. The molecule has 0 spiro atoms. The summed E-state index contributed by atoms with van der Waals surface area (Å²) < 4.78 is 27.9. The van der Waals surface area contributed by atoms with E-state index in [9.17, 15) is 13.2 Å². The van der Waals surface area contributed by atoms with Gasteiger partial charge in [0.05, 0.1) is 24.1 Å². The van der Waals surface area contributed by atoms with Gasteiger partial charge in [0.1, 0.15) is 15.9 Å². The summed E-state index contributed by atoms with van der Waals surface area (Å²) in [6, 6.07) is 7.69. The molecular weight excluding hydrogens is 436 g/mol. The van der Waals surface area contributed by atoms with Crippen molar-refractivity contribution >= 4 is 21.6 Å². The second-order valence-electron chi connectivity index (χ2n) is 7.20. The zero-order chi connectivity index (χ0) is 23.3. The first kappa shape index (κ1) is 23.0. The molecule has 12 heteroatoms. The molecule has 0 bridgehead atoms. The summed E-state index contributed by atoms with van der Waals surface area (Å²) in [6.45, 7) is -0.0475. The topological polar surface area (TPSA) is 160 Å². The number of nitriles is 1. The first-order valence-corrected chi connectivity index (χ1v) is 11.7. The summed E-state index contributed by atoms with van der Waals surface area (Å²) in [5, 5.41) is 23.6. The first-order chi connectivity index (χ1) is 15.2. The van der Waals surface area contributed by atoms with Gasteiger partial charge in [-0.15, -0.1) is 0 Å². The van der Waals surface area contributed by atoms with E-state index in [1.54, 1.807) is 30.1 Å². The number of pyridine rings is 2. The van der Waals surface area contributed by atoms with Crippen molar-refractivity contribution in [2.24, 2.45) is 0 Å². The Bertz CT molecular complexity index is 1280. The third-order valence-corrected chi connectivity index (χ3v) is 5.48. The molecule has 11 nitrogen and oxygen atoms in total. The normalized spacial score (nSPS) is 13.0. The fraction of sp³-hybridized carbons (Fsp3) is 0.350. The monoisotopic (exact) mass is 458 g/mol. The van der Waals surface area contributed by atoms with E-state index in [-0.39, 0.29) is 12.3 Å². The summed E-state index contributed by atoms with van der Waals surface area (Å²) in [7, 11) is -1.42. The number of methoxy groups -OCH3 is 1. The minimum atomic E-state index is -3.05. The molecule has 3 heterocycles. The number of sulfone groups is 1. The summed E-state index contributed by atoms with van der Waals surface area (Å²) in [4.78, 5) is 18.5. The highest BCUT2D eigenvalue weighted by atomic mass is 32.2. The lowest BCUT2D eigenvalue weighted by molar-refractivity contribution is 0.195. The van der Waals surface area contributed by atoms with E-state index in [4.69, 9.17) is 15.1 Å². The minimum absolute atomic E-state index is 0.0475. The van der Waals surface area contributed by atoms with Crippen LogP contribution in [-0.4, -0.2) is 64.9 Å². The van der Waals surface area contributed by atoms with Crippen molar-refractivity contribution in [1.82, 2.24) is 24.9 Å². The van der Waals surface area contributed by atoms with Crippen LogP contribution in [0.4, 0.5) is 4.79 Å². The highest BCUT2D eigenvalue weighted by molar-refractivity contribution is 7.90. The molecule has 32 heavy (non-hydrogen) atoms. The van der Waals surface area contributed by atoms with Crippen molar-refractivity contribution < 1.29 is 23.1 Å². The number of nitrogens with zero attached hydrogens (tertiary/aromatic N) is 5. The van der Waals surface area contributed by atoms with Gasteiger partial charge in [-0.25, -0.2) is 22.7 Å². The van der Waals surface area contributed by atoms with Gasteiger partial charge in [0.15, 0.2) is 17.2 Å². The SMILES string of the molecule is COc1ccc(-c2cncc(C#N)c2)n2nc(C3CC3)nc12.CS(=O)(=O)CCNC(=O)O. The zero-order valence-electron chi connectivity index (χ0n) is 17.5. The number of amides is 1. The molecule has 0 unspecified atom stereocenters. The number of ether oxygens (including phenoxy) is 1. The van der Waals surface area contributed by atoms with E-state index in [0.717, 1.165) is 36.2 Å². The van der Waals surface area contributed by atoms with Crippen LogP contribution in [0.25, 0.3) is 16.9 Å². The van der Waals surface area contributed by atoms with Crippen LogP contribution in [0.5, 0.6) is 5.75 Å². The highest BCUT2D eigenvalue weighted by Crippen LogP contribution is 2.39. The van der Waals surface area contributed by atoms with Crippen molar-refractivity contribution in [3.8, 4) is 23.1 Å². The van der Waals surface area contributed by atoms with Crippen molar-refractivity contribution in [2.45, 2.75) is 18.8 Å². The summed E-state index contributed by atoms with van der Waals surface area (Å²) in [5.41, 5.74) is 2.90. The van der Waals surface area contributed by atoms with Crippen LogP contribution < -0.4 is 10.1 Å². The van der Waals surface area contributed by atoms with Crippen LogP contribution in [0.3, 0.4) is 0 Å². The Morgan fingerprint density at radius 3 is 2.72 bits per heavy atom. The largest absolute Gasteiger partial charge is 0.493 e. The molecule has 1 saturated carbocycles. The predicted molar refractivity (Wildman–Crippen MR) is 115 cm³/mol. The maximum atomic E-state index is 10.4. The smallest absolute Gasteiger partial charge is 0.404 e. The van der Waals surface area contributed by atoms with Crippen molar-refractivity contribution in [1.29, 1.82) is 5.26 Å². The Balaban J connectivity index is 0.000000247. The number of hydrogen-bond acceptors (Lipinski definition) is 8. The van der Waals surface area contributed by atoms with E-state index in [2.05, 4.69) is 21.1 Å². The molecule has 0 aromatic carbocycles. The molecule has 1 aliphatic rings. The summed E-state index contributed by atoms with van der Waals surface area (Å²) in [6.07, 6.45) is 5.39. The van der Waals surface area contributed by atoms with Gasteiger partial charge in [0, 0.05) is 36.7 Å². The molecular formula is C20H22N6O5S. The van der Waals surface area contributed by atoms with Crippen LogP contribution in [-0.2, 0) is 9.84 Å². The molecule has 1 fully saturated rings. The Hall–Kier alpha value is -3.72. The number of carboxylic acid groups (broad SMARTS) is 1. The predicted octanol–water partition coefficient (Wildman–Crippen LogP) is 1.85. The van der Waals surface area contributed by atoms with E-state index in [1.807, 2.05) is 17.4 Å². The quantitative estimate of drug-likeness (QED) is 0.562. The molecule has 3 aromatic heterocycles. The molecule has 2 N–H and O–H groups in total. The fourth-order valence-corrected chi connectivity index (χ4v) is 3.30. The third-order valence-electron chi connectivity index (χ3n) is 4.54. The number of carbonyl (C=O) groups is 1. The molecule has 0 saturated heterocycles. The molecule has 1 amide bonds. The standard InChI is InChI=1S/C16H13N5O.C4H9NO4S/c1-22-14-5-4-13(12-6-10(7-17)8-18-9-12)21-16(14)19-15(20-21)11-2-3-11;1-10(8,9)3-2-5-4(6)7/h4-6,8-9,11H,2-3H2,1H3;5H,2-3H2,1H3,(H,6,7). The lowest BCUT2D eigenvalue weighted by Gasteiger charge is -2.07. The van der Waals surface area contributed by atoms with Gasteiger partial charge in [-0.2, -0.15) is 10.4 Å². The molecule has 0 atom stereocenters. The molecule has 1 aliphatic carbocycles. The number of aromatic nitrogens is 4. The van der Waals surface area contributed by atoms with E-state index < -0.39 is 15.9 Å². The first-order valence-electron chi connectivity index (χ1n) is 9.65. The van der Waals surface area contributed by atoms with Gasteiger partial charge in [-0.05, 0) is 31.0 Å². The van der Waals surface area contributed by atoms with Crippen LogP contribution >= 0.6 is 0 Å². The van der Waals surface area contributed by atoms with E-state index in [1.165, 1.54) is 0 Å². The lowest BCUT2D eigenvalue weighted by atomic mass is 10.1. The lowest BCUT2D eigenvalue weighted by Crippen LogP contribution is -2.26. The van der Waals surface area contributed by atoms with E-state index >= 15 is 0 Å². The summed E-state index contributed by atoms with van der Waals surface area (Å²) in [5.74, 6) is 1.85. The molecule has 4 rings (SSSR count). The van der Waals surface area contributed by atoms with Gasteiger partial charge < -0.3 is 15.2 Å². The van der Waals surface area contributed by atoms with Gasteiger partial charge in [0.2, 0.25) is 0 Å². The Morgan fingerprint density at radius 2 is 2.12 bits per heavy atom. The average molecular weight is 459 g/mol. The van der Waals surface area contributed by atoms with Gasteiger partial charge in [0.25, 0.3) is 0 Å². The maximum Gasteiger partial charge on any atom is 0.404 e. The number of fused-ring (bicyclic) bond motifs is 1. The molecule has 3 aromatic rings. The van der Waals surface area contributed by atoms with Crippen LogP contribution in [0.1, 0.15) is 30.1 Å². The Labute approximate surface area is 184 Å². The second kappa shape index (κ2) is 9.61. The van der Waals surface area contributed by atoms with Gasteiger partial charge >= 0.3 is 6.09 Å². The average Bonchev–Trinajstić information content (AvgIpc) is 3.50. The Morgan fingerprint density at radius 1 is 1.38 bits per heavy atom. The molecule has 0 radical (unpaired) electrons. The van der Waals surface area contributed by atoms with E-state index in [0.29, 0.717) is 22.9 Å². The van der Waals surface area contributed by atoms with Crippen molar-refractivity contribution in [2.75, 3.05) is 25.7 Å². The zero-order valence-corrected chi connectivity index (χ0v) is 18.3. The minimum Gasteiger partial charge on any atom is -0.493 e. The van der Waals surface area contributed by atoms with Crippen molar-refractivity contribution in [3.63, 3.8) is 0 Å². The number of nitrogens with one attached hydrogen (secondary N) is 1. The molecule has 168 valence electrons. The van der Waals surface area contributed by atoms with Crippen LogP contribution in [0, 0.1) is 11.3 Å². The van der Waals surface area contributed by atoms with Crippen LogP contribution in [0.15, 0.2) is 30.6 Å². The van der Waals surface area contributed by atoms with Crippen LogP contribution in [0.2, 0.25) is 0 Å². The maximum absolute atomic E-state index is 10.4. The second-order valence-corrected chi connectivity index (χ2v) is 9.46. The molecule has 0 aliphatic heterocycles.